The zero-order valence-electron chi connectivity index (χ0n) is 19.5. The Kier molecular flexibility index (Phi) is 7.07. The minimum atomic E-state index is -0.688. The van der Waals surface area contributed by atoms with Crippen LogP contribution >= 0.6 is 0 Å². The number of piperazine rings is 1. The third-order valence-corrected chi connectivity index (χ3v) is 6.22. The molecule has 6 nitrogen and oxygen atoms in total. The normalized spacial score (nSPS) is 16.5. The second-order valence-electron chi connectivity index (χ2n) is 8.64. The lowest BCUT2D eigenvalue weighted by Gasteiger charge is -2.37. The molecule has 4 rings (SSSR count). The van der Waals surface area contributed by atoms with Gasteiger partial charge in [-0.05, 0) is 42.7 Å². The van der Waals surface area contributed by atoms with E-state index in [1.165, 1.54) is 0 Å². The lowest BCUT2D eigenvalue weighted by atomic mass is 9.96. The maximum atomic E-state index is 13.6. The van der Waals surface area contributed by atoms with Crippen molar-refractivity contribution in [1.29, 1.82) is 0 Å². The van der Waals surface area contributed by atoms with Gasteiger partial charge in [-0.2, -0.15) is 0 Å². The lowest BCUT2D eigenvalue weighted by Crippen LogP contribution is -2.52. The molecule has 3 amide bonds. The largest absolute Gasteiger partial charge is 0.352 e. The van der Waals surface area contributed by atoms with Gasteiger partial charge in [0.1, 0.15) is 6.04 Å². The molecule has 0 saturated carbocycles. The van der Waals surface area contributed by atoms with Crippen LogP contribution in [0.2, 0.25) is 0 Å². The molecule has 174 valence electrons. The van der Waals surface area contributed by atoms with Crippen LogP contribution in [0.15, 0.2) is 78.9 Å². The summed E-state index contributed by atoms with van der Waals surface area (Å²) in [6, 6.07) is 23.2. The van der Waals surface area contributed by atoms with Crippen LogP contribution in [-0.2, 0) is 9.59 Å². The number of aryl methyl sites for hydroxylation is 2. The third kappa shape index (κ3) is 5.17. The molecule has 1 saturated heterocycles. The summed E-state index contributed by atoms with van der Waals surface area (Å²) in [4.78, 5) is 41.0. The zero-order valence-corrected chi connectivity index (χ0v) is 19.5. The van der Waals surface area contributed by atoms with Crippen LogP contribution in [0, 0.1) is 13.8 Å². The maximum Gasteiger partial charge on any atom is 0.251 e. The van der Waals surface area contributed by atoms with Crippen LogP contribution in [0.5, 0.6) is 0 Å². The molecule has 0 spiro atoms. The number of rotatable bonds is 6. The number of carbonyl (C=O) groups excluding carboxylic acids is 3. The predicted molar refractivity (Wildman–Crippen MR) is 131 cm³/mol. The Morgan fingerprint density at radius 3 is 2.35 bits per heavy atom. The quantitative estimate of drug-likeness (QED) is 0.592. The number of benzene rings is 3. The van der Waals surface area contributed by atoms with Crippen molar-refractivity contribution in [2.75, 3.05) is 13.1 Å². The minimum absolute atomic E-state index is 0.0529. The van der Waals surface area contributed by atoms with Crippen molar-refractivity contribution in [2.45, 2.75) is 32.4 Å². The minimum Gasteiger partial charge on any atom is -0.352 e. The Balaban J connectivity index is 1.59. The second-order valence-corrected chi connectivity index (χ2v) is 8.64. The zero-order chi connectivity index (χ0) is 24.1. The van der Waals surface area contributed by atoms with E-state index in [-0.39, 0.29) is 24.1 Å². The van der Waals surface area contributed by atoms with Crippen LogP contribution < -0.4 is 10.6 Å². The Morgan fingerprint density at radius 2 is 1.65 bits per heavy atom. The topological polar surface area (TPSA) is 78.5 Å². The Bertz CT molecular complexity index is 1180. The van der Waals surface area contributed by atoms with E-state index in [2.05, 4.69) is 10.6 Å². The molecule has 0 bridgehead atoms. The first kappa shape index (κ1) is 23.2. The molecule has 34 heavy (non-hydrogen) atoms. The molecule has 2 N–H and O–H groups in total. The van der Waals surface area contributed by atoms with E-state index < -0.39 is 12.1 Å². The first-order valence-corrected chi connectivity index (χ1v) is 11.5. The fourth-order valence-electron chi connectivity index (χ4n) is 4.31. The molecule has 0 aliphatic carbocycles. The number of amides is 3. The van der Waals surface area contributed by atoms with Gasteiger partial charge in [-0.1, -0.05) is 72.3 Å². The molecule has 0 aromatic heterocycles. The first-order valence-electron chi connectivity index (χ1n) is 11.5. The number of nitrogens with zero attached hydrogens (tertiary/aromatic N) is 1. The van der Waals surface area contributed by atoms with Crippen LogP contribution in [0.25, 0.3) is 0 Å². The average Bonchev–Trinajstić information content (AvgIpc) is 2.85. The fraction of sp³-hybridized carbons (Fsp3) is 0.250. The molecule has 3 aromatic rings. The van der Waals surface area contributed by atoms with E-state index in [9.17, 15) is 14.4 Å². The summed E-state index contributed by atoms with van der Waals surface area (Å²) in [5, 5.41) is 5.91. The predicted octanol–water partition coefficient (Wildman–Crippen LogP) is 3.86. The van der Waals surface area contributed by atoms with Gasteiger partial charge in [-0.3, -0.25) is 14.4 Å². The second kappa shape index (κ2) is 10.3. The summed E-state index contributed by atoms with van der Waals surface area (Å²) in [5.41, 5.74) is 4.21. The van der Waals surface area contributed by atoms with E-state index in [1.807, 2.05) is 80.6 Å². The van der Waals surface area contributed by atoms with Gasteiger partial charge in [0.15, 0.2) is 0 Å². The van der Waals surface area contributed by atoms with Crippen LogP contribution in [0.1, 0.15) is 51.1 Å². The van der Waals surface area contributed by atoms with Crippen molar-refractivity contribution in [3.8, 4) is 0 Å². The Hall–Kier alpha value is -3.93. The molecule has 1 aliphatic rings. The van der Waals surface area contributed by atoms with Gasteiger partial charge in [0.05, 0.1) is 12.5 Å². The smallest absolute Gasteiger partial charge is 0.251 e. The van der Waals surface area contributed by atoms with Gasteiger partial charge in [0, 0.05) is 18.7 Å². The van der Waals surface area contributed by atoms with Gasteiger partial charge in [-0.15, -0.1) is 0 Å². The molecule has 2 unspecified atom stereocenters. The van der Waals surface area contributed by atoms with E-state index in [1.54, 1.807) is 17.0 Å². The molecule has 0 radical (unpaired) electrons. The highest BCUT2D eigenvalue weighted by Crippen LogP contribution is 2.28. The van der Waals surface area contributed by atoms with Crippen molar-refractivity contribution in [1.82, 2.24) is 15.5 Å². The highest BCUT2D eigenvalue weighted by atomic mass is 16.2. The van der Waals surface area contributed by atoms with Crippen molar-refractivity contribution < 1.29 is 14.4 Å². The molecule has 1 heterocycles. The highest BCUT2D eigenvalue weighted by molar-refractivity contribution is 5.95. The van der Waals surface area contributed by atoms with Gasteiger partial charge in [0.2, 0.25) is 11.8 Å². The van der Waals surface area contributed by atoms with E-state index >= 15 is 0 Å². The molecule has 6 heteroatoms. The summed E-state index contributed by atoms with van der Waals surface area (Å²) in [5.74, 6) is -0.608. The van der Waals surface area contributed by atoms with Crippen molar-refractivity contribution in [3.05, 3.63) is 107 Å². The first-order chi connectivity index (χ1) is 16.4. The molecule has 2 atom stereocenters. The van der Waals surface area contributed by atoms with Crippen LogP contribution in [-0.4, -0.2) is 35.7 Å². The number of hydrogen-bond acceptors (Lipinski definition) is 3. The molecule has 1 aliphatic heterocycles. The average molecular weight is 456 g/mol. The molecular formula is C28H29N3O3. The fourth-order valence-corrected chi connectivity index (χ4v) is 4.31. The summed E-state index contributed by atoms with van der Waals surface area (Å²) in [6.07, 6.45) is 0.0529. The Morgan fingerprint density at radius 1 is 0.971 bits per heavy atom. The number of carbonyl (C=O) groups is 3. The lowest BCUT2D eigenvalue weighted by molar-refractivity contribution is -0.144. The Labute approximate surface area is 200 Å². The van der Waals surface area contributed by atoms with Crippen LogP contribution in [0.4, 0.5) is 0 Å². The van der Waals surface area contributed by atoms with Gasteiger partial charge in [0.25, 0.3) is 5.91 Å². The van der Waals surface area contributed by atoms with Crippen molar-refractivity contribution in [2.24, 2.45) is 0 Å². The molecule has 1 fully saturated rings. The van der Waals surface area contributed by atoms with Gasteiger partial charge >= 0.3 is 0 Å². The van der Waals surface area contributed by atoms with E-state index in [0.717, 1.165) is 22.3 Å². The van der Waals surface area contributed by atoms with Crippen molar-refractivity contribution >= 4 is 17.7 Å². The van der Waals surface area contributed by atoms with E-state index in [4.69, 9.17) is 0 Å². The van der Waals surface area contributed by atoms with E-state index in [0.29, 0.717) is 18.7 Å². The summed E-state index contributed by atoms with van der Waals surface area (Å²) >= 11 is 0. The van der Waals surface area contributed by atoms with Gasteiger partial charge in [-0.25, -0.2) is 0 Å². The number of nitrogens with one attached hydrogen (secondary N) is 2. The monoisotopic (exact) mass is 455 g/mol. The van der Waals surface area contributed by atoms with Crippen LogP contribution in [0.3, 0.4) is 0 Å². The number of hydrogen-bond donors (Lipinski definition) is 2. The molecule has 3 aromatic carbocycles. The maximum absolute atomic E-state index is 13.6. The third-order valence-electron chi connectivity index (χ3n) is 6.22. The highest BCUT2D eigenvalue weighted by Gasteiger charge is 2.36. The SMILES string of the molecule is Cc1ccc(C(=O)NC(CC(=O)N2CCNC(=O)C2c2ccccc2C)c2ccccc2)cc1. The summed E-state index contributed by atoms with van der Waals surface area (Å²) < 4.78 is 0. The summed E-state index contributed by atoms with van der Waals surface area (Å²) in [6.45, 7) is 4.72. The standard InChI is InChI=1S/C28H29N3O3/c1-19-12-14-22(15-13-19)27(33)30-24(21-9-4-3-5-10-21)18-25(32)31-17-16-29-28(34)26(31)23-11-7-6-8-20(23)2/h3-15,24,26H,16-18H2,1-2H3,(H,29,34)(H,30,33). The summed E-state index contributed by atoms with van der Waals surface area (Å²) in [7, 11) is 0. The molecular weight excluding hydrogens is 426 g/mol. The van der Waals surface area contributed by atoms with Gasteiger partial charge < -0.3 is 15.5 Å². The van der Waals surface area contributed by atoms with Crippen molar-refractivity contribution in [3.63, 3.8) is 0 Å².